The van der Waals surface area contributed by atoms with Crippen LogP contribution in [0.5, 0.6) is 0 Å². The first kappa shape index (κ1) is 56.6. The molecule has 4 amide bonds. The number of ether oxygens (including phenoxy) is 2. The average molecular weight is 1350 g/mol. The van der Waals surface area contributed by atoms with E-state index in [0.717, 1.165) is 103 Å². The highest BCUT2D eigenvalue weighted by Gasteiger charge is 2.69. The lowest BCUT2D eigenvalue weighted by atomic mass is 9.92. The second-order valence-electron chi connectivity index (χ2n) is 24.4. The Kier molecular flexibility index (Phi) is 13.9. The Labute approximate surface area is 529 Å². The summed E-state index contributed by atoms with van der Waals surface area (Å²) in [5.41, 5.74) is 5.59. The summed E-state index contributed by atoms with van der Waals surface area (Å²) in [6.45, 7) is 4.99. The Morgan fingerprint density at radius 2 is 1.07 bits per heavy atom. The molecule has 89 heavy (non-hydrogen) atoms. The molecule has 454 valence electrons. The Morgan fingerprint density at radius 3 is 1.53 bits per heavy atom. The van der Waals surface area contributed by atoms with Crippen LogP contribution < -0.4 is 9.80 Å². The average Bonchev–Trinajstić information content (AvgIpc) is 1.54. The lowest BCUT2D eigenvalue weighted by Crippen LogP contribution is -2.39. The van der Waals surface area contributed by atoms with Gasteiger partial charge in [-0.3, -0.25) is 34.0 Å². The van der Waals surface area contributed by atoms with Crippen molar-refractivity contribution in [1.29, 1.82) is 0 Å². The van der Waals surface area contributed by atoms with Crippen molar-refractivity contribution in [2.24, 2.45) is 23.7 Å². The van der Waals surface area contributed by atoms with Gasteiger partial charge in [-0.05, 0) is 179 Å². The van der Waals surface area contributed by atoms with E-state index >= 15 is 0 Å². The van der Waals surface area contributed by atoms with Crippen LogP contribution in [0.15, 0.2) is 113 Å². The Bertz CT molecular complexity index is 4240. The first-order valence-electron chi connectivity index (χ1n) is 30.2. The molecule has 6 fully saturated rings. The number of amides is 4. The second kappa shape index (κ2) is 21.8. The molecule has 25 heteroatoms. The molecule has 13 heterocycles. The summed E-state index contributed by atoms with van der Waals surface area (Å²) in [6.07, 6.45) is 6.96. The molecular formula is C64H57F3IN13O6S2. The molecule has 19 nitrogen and oxygen atoms in total. The molecule has 9 aromatic rings. The molecule has 6 aliphatic heterocycles. The van der Waals surface area contributed by atoms with Crippen LogP contribution in [0.4, 0.5) is 24.8 Å². The fourth-order valence-corrected chi connectivity index (χ4v) is 17.6. The minimum Gasteiger partial charge on any atom is -0.356 e. The third-order valence-corrected chi connectivity index (χ3v) is 22.0. The second-order valence-corrected chi connectivity index (χ2v) is 27.0. The first-order valence-corrected chi connectivity index (χ1v) is 33.1. The van der Waals surface area contributed by atoms with E-state index in [9.17, 15) is 32.3 Å². The van der Waals surface area contributed by atoms with Crippen LogP contribution in [0.25, 0.3) is 33.6 Å². The van der Waals surface area contributed by atoms with Gasteiger partial charge in [0.25, 0.3) is 23.6 Å². The van der Waals surface area contributed by atoms with Gasteiger partial charge in [0.15, 0.2) is 27.5 Å². The molecule has 4 saturated heterocycles. The Morgan fingerprint density at radius 1 is 0.584 bits per heavy atom. The zero-order chi connectivity index (χ0) is 60.5. The van der Waals surface area contributed by atoms with Crippen LogP contribution in [0, 0.1) is 27.4 Å². The number of benzene rings is 2. The number of aromatic nitrogens is 9. The Hall–Kier alpha value is -7.59. The van der Waals surface area contributed by atoms with Crippen LogP contribution in [0.3, 0.4) is 0 Å². The number of pyridine rings is 1. The summed E-state index contributed by atoms with van der Waals surface area (Å²) in [5.74, 6) is 1.76. The monoisotopic (exact) mass is 1350 g/mol. The van der Waals surface area contributed by atoms with Crippen LogP contribution in [0.2, 0.25) is 0 Å². The third-order valence-electron chi connectivity index (χ3n) is 19.9. The molecule has 7 aromatic heterocycles. The van der Waals surface area contributed by atoms with Gasteiger partial charge >= 0.3 is 6.18 Å². The van der Waals surface area contributed by atoms with Crippen LogP contribution in [0.1, 0.15) is 122 Å². The Balaban J connectivity index is 0.000000146. The van der Waals surface area contributed by atoms with E-state index in [1.54, 1.807) is 70.0 Å². The molecular weight excluding hydrogens is 1290 g/mol. The molecule has 2 saturated carbocycles. The minimum atomic E-state index is -4.60. The number of thiophene rings is 2. The third kappa shape index (κ3) is 9.31. The fourth-order valence-electron chi connectivity index (χ4n) is 15.5. The highest BCUT2D eigenvalue weighted by molar-refractivity contribution is 14.1. The van der Waals surface area contributed by atoms with E-state index in [-0.39, 0.29) is 63.8 Å². The van der Waals surface area contributed by atoms with Crippen molar-refractivity contribution in [1.82, 2.24) is 54.3 Å². The van der Waals surface area contributed by atoms with Gasteiger partial charge < -0.3 is 19.3 Å². The number of fused-ring (bicyclic) bond motifs is 6. The smallest absolute Gasteiger partial charge is 0.356 e. The summed E-state index contributed by atoms with van der Waals surface area (Å²) in [6, 6.07) is 20.9. The number of anilines is 2. The van der Waals surface area contributed by atoms with E-state index in [1.807, 2.05) is 28.4 Å². The summed E-state index contributed by atoms with van der Waals surface area (Å²) < 4.78 is 57.2. The first-order chi connectivity index (χ1) is 43.3. The van der Waals surface area contributed by atoms with Gasteiger partial charge in [-0.25, -0.2) is 29.3 Å². The summed E-state index contributed by atoms with van der Waals surface area (Å²) in [7, 11) is 0. The fraction of sp³-hybridized carbons (Fsp3) is 0.391. The SMILES string of the molecule is O=C1c2ccccc2C(=O)N1CC1(c2ccsc2)C2CCN(c3cnc4c(-c5ccnc(C(F)(F)F)c5)nn(C5CCCCO5)c4n3)CC21.O=C1c2ccccc2C(=O)N1CC1(c2ccsc2)C2CCN(c3cnc4c(I)nn(C5CCCCO5)c4n3)CC21. The van der Waals surface area contributed by atoms with Crippen LogP contribution in [-0.4, -0.2) is 130 Å². The predicted molar refractivity (Wildman–Crippen MR) is 333 cm³/mol. The quantitative estimate of drug-likeness (QED) is 0.0874. The number of piperidine rings is 2. The molecule has 8 unspecified atom stereocenters. The molecule has 0 spiro atoms. The van der Waals surface area contributed by atoms with Gasteiger partial charge in [0.2, 0.25) is 0 Å². The number of hydrogen-bond acceptors (Lipinski definition) is 17. The molecule has 8 atom stereocenters. The lowest BCUT2D eigenvalue weighted by Gasteiger charge is -2.27. The number of carbonyl (C=O) groups excluding carboxylic acids is 4. The predicted octanol–water partition coefficient (Wildman–Crippen LogP) is 11.2. The van der Waals surface area contributed by atoms with E-state index in [1.165, 1.54) is 21.4 Å². The molecule has 0 bridgehead atoms. The van der Waals surface area contributed by atoms with E-state index in [2.05, 4.69) is 65.6 Å². The van der Waals surface area contributed by atoms with Crippen molar-refractivity contribution in [3.05, 3.63) is 156 Å². The number of imide groups is 2. The van der Waals surface area contributed by atoms with Crippen molar-refractivity contribution < 1.29 is 41.8 Å². The normalized spacial score (nSPS) is 26.3. The standard InChI is InChI=1S/C35H30F3N7O3S.C29H27IN6O3S/c36-35(37,38)26-15-20(8-11-39-26)29-30-31(45(42-29)28-7-3-4-13-48-28)41-27(16-40-30)43-12-9-24-25(17-43)34(24,21-10-14-49-18-21)19-44-32(46)22-5-1-2-6-23(22)33(44)47;30-25-24-26(36(33-25)23-7-3-4-11-39-23)32-22(13-31-24)34-10-8-20-21(14-34)29(20,17-9-12-40-15-17)16-35-27(37)18-5-1-2-6-19(18)28(35)38/h1-2,5-6,8,10-11,14-16,18,24-25,28H,3-4,7,9,12-13,17,19H2;1-2,5-6,9,12-13,15,20-21,23H,3-4,7-8,10-11,14,16H2. The van der Waals surface area contributed by atoms with E-state index in [4.69, 9.17) is 39.6 Å². The number of nitrogens with zero attached hydrogens (tertiary/aromatic N) is 13. The van der Waals surface area contributed by atoms with Gasteiger partial charge in [-0.2, -0.15) is 46.0 Å². The van der Waals surface area contributed by atoms with Crippen molar-refractivity contribution in [2.45, 2.75) is 80.8 Å². The van der Waals surface area contributed by atoms with Gasteiger partial charge in [0.05, 0.1) is 34.6 Å². The number of carbonyl (C=O) groups is 4. The largest absolute Gasteiger partial charge is 0.433 e. The van der Waals surface area contributed by atoms with E-state index < -0.39 is 18.1 Å². The van der Waals surface area contributed by atoms with Gasteiger partial charge in [-0.15, -0.1) is 0 Å². The maximum absolute atomic E-state index is 13.6. The number of alkyl halides is 3. The molecule has 8 aliphatic rings. The molecule has 2 aliphatic carbocycles. The molecule has 0 N–H and O–H groups in total. The van der Waals surface area contributed by atoms with Gasteiger partial charge in [-0.1, -0.05) is 24.3 Å². The summed E-state index contributed by atoms with van der Waals surface area (Å²) >= 11 is 5.50. The van der Waals surface area contributed by atoms with Crippen molar-refractivity contribution >= 4 is 103 Å². The summed E-state index contributed by atoms with van der Waals surface area (Å²) in [4.78, 5) is 84.1. The number of rotatable bonds is 11. The van der Waals surface area contributed by atoms with Gasteiger partial charge in [0, 0.05) is 75.1 Å². The zero-order valence-electron chi connectivity index (χ0n) is 47.8. The highest BCUT2D eigenvalue weighted by Crippen LogP contribution is 2.66. The minimum absolute atomic E-state index is 0.107. The summed E-state index contributed by atoms with van der Waals surface area (Å²) in [5, 5.41) is 17.9. The molecule has 2 aromatic carbocycles. The maximum atomic E-state index is 13.6. The van der Waals surface area contributed by atoms with Crippen molar-refractivity contribution in [2.75, 3.05) is 62.3 Å². The van der Waals surface area contributed by atoms with Crippen LogP contribution >= 0.6 is 45.3 Å². The lowest BCUT2D eigenvalue weighted by molar-refractivity contribution is -0.141. The number of halogens is 4. The van der Waals surface area contributed by atoms with Crippen molar-refractivity contribution in [3.8, 4) is 11.3 Å². The zero-order valence-corrected chi connectivity index (χ0v) is 51.6. The molecule has 17 rings (SSSR count). The highest BCUT2D eigenvalue weighted by atomic mass is 127. The van der Waals surface area contributed by atoms with E-state index in [0.29, 0.717) is 90.3 Å². The molecule has 0 radical (unpaired) electrons. The van der Waals surface area contributed by atoms with Crippen molar-refractivity contribution in [3.63, 3.8) is 0 Å². The topological polar surface area (TPSA) is 200 Å². The maximum Gasteiger partial charge on any atom is 0.433 e. The number of hydrogen-bond donors (Lipinski definition) is 0. The van der Waals surface area contributed by atoms with Crippen LogP contribution in [-0.2, 0) is 26.5 Å². The van der Waals surface area contributed by atoms with Gasteiger partial charge in [0.1, 0.15) is 34.1 Å².